The number of nitrogens with zero attached hydrogens (tertiary/aromatic N) is 2. The number of carbonyl (C=O) groups excluding carboxylic acids is 1. The van der Waals surface area contributed by atoms with Crippen LogP contribution in [0.4, 0.5) is 5.69 Å². The number of non-ortho nitro benzene ring substituents is 1. The van der Waals surface area contributed by atoms with Gasteiger partial charge in [0.15, 0.2) is 0 Å². The highest BCUT2D eigenvalue weighted by Crippen LogP contribution is 2.22. The molecule has 0 amide bonds. The minimum absolute atomic E-state index is 0.0705. The predicted octanol–water partition coefficient (Wildman–Crippen LogP) is 2.42. The molecule has 22 heavy (non-hydrogen) atoms. The van der Waals surface area contributed by atoms with Crippen molar-refractivity contribution in [2.45, 2.75) is 26.3 Å². The van der Waals surface area contributed by atoms with Crippen LogP contribution in [0.25, 0.3) is 10.9 Å². The van der Waals surface area contributed by atoms with Crippen molar-refractivity contribution in [2.75, 3.05) is 6.61 Å². The number of rotatable bonds is 5. The fraction of sp³-hybridized carbons (Fsp3) is 0.333. The Morgan fingerprint density at radius 2 is 2.09 bits per heavy atom. The normalized spacial score (nSPS) is 12.1. The van der Waals surface area contributed by atoms with Gasteiger partial charge in [0, 0.05) is 23.6 Å². The zero-order valence-electron chi connectivity index (χ0n) is 12.3. The first-order valence-electron chi connectivity index (χ1n) is 6.92. The van der Waals surface area contributed by atoms with Crippen LogP contribution < -0.4 is 5.56 Å². The number of nitro groups is 1. The summed E-state index contributed by atoms with van der Waals surface area (Å²) < 4.78 is 6.36. The van der Waals surface area contributed by atoms with Crippen LogP contribution in [0.15, 0.2) is 35.1 Å². The van der Waals surface area contributed by atoms with Crippen LogP contribution >= 0.6 is 0 Å². The maximum absolute atomic E-state index is 12.1. The summed E-state index contributed by atoms with van der Waals surface area (Å²) in [5, 5.41) is 11.3. The van der Waals surface area contributed by atoms with E-state index in [4.69, 9.17) is 4.74 Å². The molecule has 1 aromatic heterocycles. The van der Waals surface area contributed by atoms with Gasteiger partial charge in [0.1, 0.15) is 6.04 Å². The SMILES string of the molecule is CCCOC(=O)C(C)n1c(=O)ccc2cc([N+](=O)[O-])ccc21. The topological polar surface area (TPSA) is 91.4 Å². The highest BCUT2D eigenvalue weighted by atomic mass is 16.6. The van der Waals surface area contributed by atoms with Gasteiger partial charge >= 0.3 is 5.97 Å². The summed E-state index contributed by atoms with van der Waals surface area (Å²) in [5.74, 6) is -0.505. The van der Waals surface area contributed by atoms with Crippen LogP contribution in [0.2, 0.25) is 0 Å². The van der Waals surface area contributed by atoms with Gasteiger partial charge in [0.2, 0.25) is 0 Å². The Hall–Kier alpha value is -2.70. The lowest BCUT2D eigenvalue weighted by Gasteiger charge is -2.16. The lowest BCUT2D eigenvalue weighted by atomic mass is 10.1. The molecule has 0 bridgehead atoms. The second kappa shape index (κ2) is 6.38. The third kappa shape index (κ3) is 2.98. The van der Waals surface area contributed by atoms with Gasteiger partial charge in [-0.3, -0.25) is 19.5 Å². The molecule has 7 nitrogen and oxygen atoms in total. The first-order chi connectivity index (χ1) is 10.5. The van der Waals surface area contributed by atoms with E-state index in [9.17, 15) is 19.7 Å². The van der Waals surface area contributed by atoms with Gasteiger partial charge in [-0.05, 0) is 25.5 Å². The lowest BCUT2D eigenvalue weighted by Crippen LogP contribution is -2.29. The van der Waals surface area contributed by atoms with Crippen molar-refractivity contribution >= 4 is 22.6 Å². The highest BCUT2D eigenvalue weighted by Gasteiger charge is 2.20. The number of hydrogen-bond donors (Lipinski definition) is 0. The number of aromatic nitrogens is 1. The molecule has 0 N–H and O–H groups in total. The molecule has 0 aliphatic rings. The van der Waals surface area contributed by atoms with E-state index in [-0.39, 0.29) is 17.9 Å². The molecule has 0 spiro atoms. The van der Waals surface area contributed by atoms with E-state index in [1.807, 2.05) is 6.92 Å². The summed E-state index contributed by atoms with van der Waals surface area (Å²) in [6.45, 7) is 3.73. The molecule has 7 heteroatoms. The van der Waals surface area contributed by atoms with Crippen molar-refractivity contribution in [3.8, 4) is 0 Å². The van der Waals surface area contributed by atoms with Gasteiger partial charge in [0.25, 0.3) is 11.2 Å². The number of benzene rings is 1. The van der Waals surface area contributed by atoms with Crippen LogP contribution in [0.3, 0.4) is 0 Å². The summed E-state index contributed by atoms with van der Waals surface area (Å²) in [7, 11) is 0. The van der Waals surface area contributed by atoms with E-state index < -0.39 is 16.9 Å². The van der Waals surface area contributed by atoms with Gasteiger partial charge in [-0.1, -0.05) is 6.92 Å². The molecular weight excluding hydrogens is 288 g/mol. The largest absolute Gasteiger partial charge is 0.464 e. The van der Waals surface area contributed by atoms with Gasteiger partial charge in [-0.25, -0.2) is 4.79 Å². The molecule has 0 saturated heterocycles. The van der Waals surface area contributed by atoms with Crippen molar-refractivity contribution in [3.63, 3.8) is 0 Å². The summed E-state index contributed by atoms with van der Waals surface area (Å²) >= 11 is 0. The average molecular weight is 304 g/mol. The molecule has 2 aromatic rings. The first kappa shape index (κ1) is 15.7. The number of pyridine rings is 1. The smallest absolute Gasteiger partial charge is 0.328 e. The van der Waals surface area contributed by atoms with Gasteiger partial charge < -0.3 is 4.74 Å². The van der Waals surface area contributed by atoms with Crippen molar-refractivity contribution in [1.82, 2.24) is 4.57 Å². The van der Waals surface area contributed by atoms with Crippen LogP contribution in [-0.2, 0) is 9.53 Å². The maximum Gasteiger partial charge on any atom is 0.328 e. The molecule has 0 aliphatic heterocycles. The summed E-state index contributed by atoms with van der Waals surface area (Å²) in [5.41, 5.74) is 0.0280. The van der Waals surface area contributed by atoms with Crippen LogP contribution in [-0.4, -0.2) is 22.1 Å². The van der Waals surface area contributed by atoms with Gasteiger partial charge in [-0.15, -0.1) is 0 Å². The summed E-state index contributed by atoms with van der Waals surface area (Å²) in [6.07, 6.45) is 0.690. The van der Waals surface area contributed by atoms with E-state index >= 15 is 0 Å². The molecule has 1 aromatic carbocycles. The summed E-state index contributed by atoms with van der Waals surface area (Å²) in [6, 6.07) is 6.14. The third-order valence-corrected chi connectivity index (χ3v) is 3.30. The monoisotopic (exact) mass is 304 g/mol. The Labute approximate surface area is 126 Å². The zero-order valence-corrected chi connectivity index (χ0v) is 12.3. The number of ether oxygens (including phenoxy) is 1. The van der Waals surface area contributed by atoms with Gasteiger partial charge in [-0.2, -0.15) is 0 Å². The van der Waals surface area contributed by atoms with Crippen molar-refractivity contribution in [1.29, 1.82) is 0 Å². The number of esters is 1. The number of carbonyl (C=O) groups is 1. The number of hydrogen-bond acceptors (Lipinski definition) is 5. The average Bonchev–Trinajstić information content (AvgIpc) is 2.51. The maximum atomic E-state index is 12.1. The van der Waals surface area contributed by atoms with E-state index in [0.29, 0.717) is 17.3 Å². The Bertz CT molecular complexity index is 781. The minimum Gasteiger partial charge on any atom is -0.464 e. The van der Waals surface area contributed by atoms with Crippen LogP contribution in [0, 0.1) is 10.1 Å². The van der Waals surface area contributed by atoms with E-state index in [2.05, 4.69) is 0 Å². The first-order valence-corrected chi connectivity index (χ1v) is 6.92. The fourth-order valence-corrected chi connectivity index (χ4v) is 2.20. The molecule has 1 unspecified atom stereocenters. The van der Waals surface area contributed by atoms with E-state index in [0.717, 1.165) is 0 Å². The van der Waals surface area contributed by atoms with Crippen molar-refractivity contribution in [2.24, 2.45) is 0 Å². The molecule has 0 aliphatic carbocycles. The molecule has 1 atom stereocenters. The predicted molar refractivity (Wildman–Crippen MR) is 80.8 cm³/mol. The Morgan fingerprint density at radius 1 is 1.36 bits per heavy atom. The number of nitro benzene ring substituents is 1. The molecule has 0 fully saturated rings. The molecule has 0 radical (unpaired) electrons. The second-order valence-electron chi connectivity index (χ2n) is 4.89. The molecule has 1 heterocycles. The Balaban J connectivity index is 2.53. The third-order valence-electron chi connectivity index (χ3n) is 3.30. The Morgan fingerprint density at radius 3 is 2.73 bits per heavy atom. The fourth-order valence-electron chi connectivity index (χ4n) is 2.20. The molecule has 2 rings (SSSR count). The minimum atomic E-state index is -0.802. The molecule has 116 valence electrons. The molecular formula is C15H16N2O5. The van der Waals surface area contributed by atoms with E-state index in [1.54, 1.807) is 6.92 Å². The highest BCUT2D eigenvalue weighted by molar-refractivity contribution is 5.84. The summed E-state index contributed by atoms with van der Waals surface area (Å²) in [4.78, 5) is 34.4. The van der Waals surface area contributed by atoms with E-state index in [1.165, 1.54) is 34.9 Å². The number of fused-ring (bicyclic) bond motifs is 1. The molecule has 0 saturated carbocycles. The lowest BCUT2D eigenvalue weighted by molar-refractivity contribution is -0.384. The standard InChI is InChI=1S/C15H16N2O5/c1-3-8-22-15(19)10(2)16-13-6-5-12(17(20)21)9-11(13)4-7-14(16)18/h4-7,9-10H,3,8H2,1-2H3. The Kier molecular flexibility index (Phi) is 4.55. The second-order valence-corrected chi connectivity index (χ2v) is 4.89. The van der Waals surface area contributed by atoms with Crippen molar-refractivity contribution < 1.29 is 14.5 Å². The van der Waals surface area contributed by atoms with Crippen molar-refractivity contribution in [3.05, 3.63) is 50.8 Å². The van der Waals surface area contributed by atoms with Gasteiger partial charge in [0.05, 0.1) is 17.0 Å². The van der Waals surface area contributed by atoms with Crippen LogP contribution in [0.1, 0.15) is 26.3 Å². The zero-order chi connectivity index (χ0) is 16.3. The van der Waals surface area contributed by atoms with Crippen LogP contribution in [0.5, 0.6) is 0 Å². The quantitative estimate of drug-likeness (QED) is 0.480.